The van der Waals surface area contributed by atoms with Crippen molar-refractivity contribution in [1.29, 1.82) is 0 Å². The lowest BCUT2D eigenvalue weighted by atomic mass is 10.5. The van der Waals surface area contributed by atoms with E-state index in [0.29, 0.717) is 0 Å². The summed E-state index contributed by atoms with van der Waals surface area (Å²) in [4.78, 5) is 10.4. The van der Waals surface area contributed by atoms with Gasteiger partial charge < -0.3 is 4.74 Å². The van der Waals surface area contributed by atoms with Crippen LogP contribution in [0, 0.1) is 35.7 Å². The van der Waals surface area contributed by atoms with Crippen LogP contribution in [0.15, 0.2) is 12.7 Å². The fraction of sp³-hybridized carbons (Fsp3) is 0.100. The Kier molecular flexibility index (Phi) is 5.77. The molecule has 0 saturated heterocycles. The predicted molar refractivity (Wildman–Crippen MR) is 45.3 cm³/mol. The first-order chi connectivity index (χ1) is 5.81. The molecule has 0 aliphatic heterocycles. The van der Waals surface area contributed by atoms with Gasteiger partial charge in [0.2, 0.25) is 0 Å². The van der Waals surface area contributed by atoms with Crippen LogP contribution in [0.1, 0.15) is 6.92 Å². The molecule has 58 valence electrons. The topological polar surface area (TPSA) is 26.3 Å². The smallest absolute Gasteiger partial charge is 0.344 e. The second kappa shape index (κ2) is 7.00. The minimum absolute atomic E-state index is 0.592. The molecule has 2 heteroatoms. The first-order valence-electron chi connectivity index (χ1n) is 3.06. The highest BCUT2D eigenvalue weighted by Crippen LogP contribution is 1.73. The molecule has 0 amide bonds. The third-order valence-corrected chi connectivity index (χ3v) is 0.682. The summed E-state index contributed by atoms with van der Waals surface area (Å²) < 4.78 is 4.30. The van der Waals surface area contributed by atoms with E-state index < -0.39 is 5.97 Å². The molecule has 0 aromatic rings. The largest absolute Gasteiger partial charge is 0.368 e. The summed E-state index contributed by atoms with van der Waals surface area (Å²) in [5.74, 6) is 11.5. The van der Waals surface area contributed by atoms with E-state index in [9.17, 15) is 4.79 Å². The quantitative estimate of drug-likeness (QED) is 0.319. The van der Waals surface area contributed by atoms with Crippen molar-refractivity contribution in [2.45, 2.75) is 6.92 Å². The summed E-state index contributed by atoms with van der Waals surface area (Å²) in [6, 6.07) is 0. The molecular formula is C10H6O2. The average Bonchev–Trinajstić information content (AvgIpc) is 2.10. The highest BCUT2D eigenvalue weighted by molar-refractivity contribution is 5.82. The van der Waals surface area contributed by atoms with E-state index in [2.05, 4.69) is 47.0 Å². The van der Waals surface area contributed by atoms with Gasteiger partial charge in [-0.3, -0.25) is 0 Å². The van der Waals surface area contributed by atoms with Gasteiger partial charge in [-0.05, 0) is 18.8 Å². The molecule has 0 atom stereocenters. The van der Waals surface area contributed by atoms with Gasteiger partial charge in [0.15, 0.2) is 0 Å². The number of carbonyl (C=O) groups excluding carboxylic acids is 1. The van der Waals surface area contributed by atoms with Gasteiger partial charge in [0.1, 0.15) is 6.11 Å². The van der Waals surface area contributed by atoms with Crippen molar-refractivity contribution in [3.8, 4) is 35.7 Å². The van der Waals surface area contributed by atoms with Crippen LogP contribution in [0.3, 0.4) is 0 Å². The molecule has 0 aliphatic rings. The van der Waals surface area contributed by atoms with Crippen molar-refractivity contribution in [1.82, 2.24) is 0 Å². The van der Waals surface area contributed by atoms with Crippen molar-refractivity contribution >= 4 is 5.97 Å². The number of ether oxygens (including phenoxy) is 1. The van der Waals surface area contributed by atoms with Gasteiger partial charge in [-0.25, -0.2) is 4.79 Å². The highest BCUT2D eigenvalue weighted by Gasteiger charge is 1.86. The van der Waals surface area contributed by atoms with Crippen molar-refractivity contribution in [3.05, 3.63) is 12.7 Å². The summed E-state index contributed by atoms with van der Waals surface area (Å²) in [5.41, 5.74) is 0. The second-order valence-electron chi connectivity index (χ2n) is 1.48. The number of hydrogen-bond donors (Lipinski definition) is 0. The zero-order valence-electron chi connectivity index (χ0n) is 6.60. The highest BCUT2D eigenvalue weighted by atomic mass is 16.5. The third-order valence-electron chi connectivity index (χ3n) is 0.682. The van der Waals surface area contributed by atoms with Crippen molar-refractivity contribution in [3.63, 3.8) is 0 Å². The van der Waals surface area contributed by atoms with Crippen LogP contribution in [-0.4, -0.2) is 5.97 Å². The maximum Gasteiger partial charge on any atom is 0.344 e. The lowest BCUT2D eigenvalue weighted by Crippen LogP contribution is -1.91. The molecule has 0 unspecified atom stereocenters. The molecule has 0 aliphatic carbocycles. The first-order valence-corrected chi connectivity index (χ1v) is 3.06. The van der Waals surface area contributed by atoms with Crippen LogP contribution in [0.25, 0.3) is 0 Å². The Hall–Kier alpha value is -2.11. The SMILES string of the molecule is C=CC(=O)OC#CC#CC#CC. The molecule has 12 heavy (non-hydrogen) atoms. The van der Waals surface area contributed by atoms with Gasteiger partial charge in [0.05, 0.1) is 0 Å². The maximum absolute atomic E-state index is 10.4. The number of hydrogen-bond acceptors (Lipinski definition) is 2. The van der Waals surface area contributed by atoms with Crippen LogP contribution in [-0.2, 0) is 9.53 Å². The number of rotatable bonds is 1. The Bertz CT molecular complexity index is 345. The van der Waals surface area contributed by atoms with E-state index in [1.54, 1.807) is 6.92 Å². The van der Waals surface area contributed by atoms with E-state index in [4.69, 9.17) is 0 Å². The number of carbonyl (C=O) groups is 1. The fourth-order valence-corrected chi connectivity index (χ4v) is 0.268. The fourth-order valence-electron chi connectivity index (χ4n) is 0.268. The van der Waals surface area contributed by atoms with Crippen LogP contribution in [0.5, 0.6) is 0 Å². The summed E-state index contributed by atoms with van der Waals surface area (Å²) >= 11 is 0. The van der Waals surface area contributed by atoms with E-state index >= 15 is 0 Å². The van der Waals surface area contributed by atoms with Crippen LogP contribution in [0.4, 0.5) is 0 Å². The van der Waals surface area contributed by atoms with Gasteiger partial charge in [-0.1, -0.05) is 12.5 Å². The minimum Gasteiger partial charge on any atom is -0.368 e. The minimum atomic E-state index is -0.592. The zero-order chi connectivity index (χ0) is 9.23. The Morgan fingerprint density at radius 2 is 2.00 bits per heavy atom. The summed E-state index contributed by atoms with van der Waals surface area (Å²) in [6.07, 6.45) is 3.10. The lowest BCUT2D eigenvalue weighted by Gasteiger charge is -1.81. The molecule has 0 aromatic heterocycles. The Balaban J connectivity index is 3.90. The molecule has 0 spiro atoms. The van der Waals surface area contributed by atoms with Crippen LogP contribution >= 0.6 is 0 Å². The van der Waals surface area contributed by atoms with Crippen LogP contribution < -0.4 is 0 Å². The zero-order valence-corrected chi connectivity index (χ0v) is 6.60. The lowest BCUT2D eigenvalue weighted by molar-refractivity contribution is -0.131. The van der Waals surface area contributed by atoms with Crippen LogP contribution in [0.2, 0.25) is 0 Å². The van der Waals surface area contributed by atoms with Crippen molar-refractivity contribution in [2.75, 3.05) is 0 Å². The Morgan fingerprint density at radius 3 is 2.58 bits per heavy atom. The molecule has 2 nitrogen and oxygen atoms in total. The molecule has 0 rings (SSSR count). The van der Waals surface area contributed by atoms with Gasteiger partial charge in [0, 0.05) is 17.9 Å². The predicted octanol–water partition coefficient (Wildman–Crippen LogP) is 0.703. The second-order valence-corrected chi connectivity index (χ2v) is 1.48. The summed E-state index contributed by atoms with van der Waals surface area (Å²) in [7, 11) is 0. The average molecular weight is 158 g/mol. The molecule has 0 aromatic carbocycles. The summed E-state index contributed by atoms with van der Waals surface area (Å²) in [5, 5.41) is 0. The molecular weight excluding hydrogens is 152 g/mol. The van der Waals surface area contributed by atoms with Crippen molar-refractivity contribution in [2.24, 2.45) is 0 Å². The standard InChI is InChI=1S/C10H6O2/c1-3-5-6-7-8-9-12-10(11)4-2/h4H,2H2,1H3. The summed E-state index contributed by atoms with van der Waals surface area (Å²) in [6.45, 7) is 4.85. The van der Waals surface area contributed by atoms with E-state index in [-0.39, 0.29) is 0 Å². The van der Waals surface area contributed by atoms with Gasteiger partial charge in [-0.2, -0.15) is 0 Å². The Labute approximate surface area is 71.6 Å². The van der Waals surface area contributed by atoms with Crippen molar-refractivity contribution < 1.29 is 9.53 Å². The monoisotopic (exact) mass is 158 g/mol. The molecule has 0 heterocycles. The molecule has 0 fully saturated rings. The third kappa shape index (κ3) is 6.02. The molecule has 0 saturated carbocycles. The Morgan fingerprint density at radius 1 is 1.33 bits per heavy atom. The number of esters is 1. The first kappa shape index (κ1) is 9.89. The molecule has 0 radical (unpaired) electrons. The van der Waals surface area contributed by atoms with E-state index in [1.165, 1.54) is 0 Å². The molecule has 0 N–H and O–H groups in total. The van der Waals surface area contributed by atoms with E-state index in [0.717, 1.165) is 6.08 Å². The maximum atomic E-state index is 10.4. The van der Waals surface area contributed by atoms with E-state index in [1.807, 2.05) is 0 Å². The van der Waals surface area contributed by atoms with Gasteiger partial charge >= 0.3 is 5.97 Å². The molecule has 0 bridgehead atoms. The normalized spacial score (nSPS) is 5.42. The van der Waals surface area contributed by atoms with Gasteiger partial charge in [-0.15, -0.1) is 0 Å². The van der Waals surface area contributed by atoms with Gasteiger partial charge in [0.25, 0.3) is 0 Å².